The number of ether oxygens (including phenoxy) is 1. The van der Waals surface area contributed by atoms with Crippen LogP contribution in [-0.2, 0) is 11.3 Å². The average molecular weight is 413 g/mol. The SMILES string of the molecule is CCN(CC)C(=O)C1Sc2ccccc2-c2c1c1c(OC)cccc1n2CCF. The Bertz CT molecular complexity index is 1060. The number of carbonyl (C=O) groups is 1. The second kappa shape index (κ2) is 8.11. The zero-order valence-corrected chi connectivity index (χ0v) is 17.8. The minimum atomic E-state index is -0.475. The molecule has 2 heterocycles. The minimum absolute atomic E-state index is 0.0842. The number of fused-ring (bicyclic) bond motifs is 5. The van der Waals surface area contributed by atoms with Gasteiger partial charge < -0.3 is 14.2 Å². The summed E-state index contributed by atoms with van der Waals surface area (Å²) in [4.78, 5) is 16.4. The summed E-state index contributed by atoms with van der Waals surface area (Å²) in [6, 6.07) is 13.9. The molecule has 0 saturated heterocycles. The number of aromatic nitrogens is 1. The van der Waals surface area contributed by atoms with Crippen LogP contribution in [0.3, 0.4) is 0 Å². The molecule has 1 amide bonds. The molecule has 4 nitrogen and oxygen atoms in total. The van der Waals surface area contributed by atoms with E-state index >= 15 is 0 Å². The van der Waals surface area contributed by atoms with Crippen LogP contribution in [0.25, 0.3) is 22.2 Å². The molecule has 3 aromatic rings. The first kappa shape index (κ1) is 19.8. The van der Waals surface area contributed by atoms with Crippen LogP contribution < -0.4 is 4.74 Å². The predicted octanol–water partition coefficient (Wildman–Crippen LogP) is 5.30. The summed E-state index contributed by atoms with van der Waals surface area (Å²) in [5.41, 5.74) is 3.82. The lowest BCUT2D eigenvalue weighted by Gasteiger charge is -2.30. The topological polar surface area (TPSA) is 34.5 Å². The molecular weight excluding hydrogens is 387 g/mol. The van der Waals surface area contributed by atoms with Crippen LogP contribution in [0, 0.1) is 0 Å². The molecule has 2 aromatic carbocycles. The van der Waals surface area contributed by atoms with E-state index in [0.717, 1.165) is 32.6 Å². The molecule has 0 spiro atoms. The van der Waals surface area contributed by atoms with E-state index in [2.05, 4.69) is 6.07 Å². The lowest BCUT2D eigenvalue weighted by atomic mass is 10.00. The van der Waals surface area contributed by atoms with Crippen molar-refractivity contribution in [1.29, 1.82) is 0 Å². The lowest BCUT2D eigenvalue weighted by Crippen LogP contribution is -2.34. The van der Waals surface area contributed by atoms with Gasteiger partial charge in [0, 0.05) is 34.5 Å². The molecule has 0 aliphatic carbocycles. The van der Waals surface area contributed by atoms with Crippen molar-refractivity contribution in [2.45, 2.75) is 30.5 Å². The summed E-state index contributed by atoms with van der Waals surface area (Å²) in [6.07, 6.45) is 0. The number of alkyl halides is 1. The van der Waals surface area contributed by atoms with Crippen molar-refractivity contribution in [1.82, 2.24) is 9.47 Å². The number of aryl methyl sites for hydroxylation is 1. The van der Waals surface area contributed by atoms with Crippen LogP contribution >= 0.6 is 11.8 Å². The van der Waals surface area contributed by atoms with Crippen molar-refractivity contribution in [2.24, 2.45) is 0 Å². The average Bonchev–Trinajstić information content (AvgIpc) is 3.09. The Morgan fingerprint density at radius 2 is 1.93 bits per heavy atom. The highest BCUT2D eigenvalue weighted by Gasteiger charge is 2.38. The zero-order chi connectivity index (χ0) is 20.5. The first-order valence-corrected chi connectivity index (χ1v) is 10.8. The number of hydrogen-bond donors (Lipinski definition) is 0. The van der Waals surface area contributed by atoms with Crippen LogP contribution in [0.5, 0.6) is 5.75 Å². The second-order valence-electron chi connectivity index (χ2n) is 6.96. The molecule has 0 N–H and O–H groups in total. The molecule has 29 heavy (non-hydrogen) atoms. The number of amides is 1. The lowest BCUT2D eigenvalue weighted by molar-refractivity contribution is -0.130. The van der Waals surface area contributed by atoms with Gasteiger partial charge in [-0.15, -0.1) is 11.8 Å². The number of benzene rings is 2. The highest BCUT2D eigenvalue weighted by molar-refractivity contribution is 8.00. The van der Waals surface area contributed by atoms with Gasteiger partial charge in [0.05, 0.1) is 24.9 Å². The van der Waals surface area contributed by atoms with Crippen LogP contribution in [0.15, 0.2) is 47.4 Å². The molecule has 0 radical (unpaired) electrons. The summed E-state index contributed by atoms with van der Waals surface area (Å²) in [5, 5.41) is 0.519. The highest BCUT2D eigenvalue weighted by atomic mass is 32.2. The number of thioether (sulfide) groups is 1. The van der Waals surface area contributed by atoms with Crippen molar-refractivity contribution in [2.75, 3.05) is 26.9 Å². The number of hydrogen-bond acceptors (Lipinski definition) is 3. The van der Waals surface area contributed by atoms with Crippen molar-refractivity contribution < 1.29 is 13.9 Å². The van der Waals surface area contributed by atoms with Gasteiger partial charge in [-0.2, -0.15) is 0 Å². The van der Waals surface area contributed by atoms with Gasteiger partial charge in [0.1, 0.15) is 17.7 Å². The van der Waals surface area contributed by atoms with E-state index in [0.29, 0.717) is 18.8 Å². The van der Waals surface area contributed by atoms with Gasteiger partial charge in [-0.1, -0.05) is 24.3 Å². The first-order chi connectivity index (χ1) is 14.2. The number of halogens is 1. The van der Waals surface area contributed by atoms with Crippen LogP contribution in [0.4, 0.5) is 4.39 Å². The van der Waals surface area contributed by atoms with Crippen LogP contribution in [0.2, 0.25) is 0 Å². The molecule has 0 saturated carbocycles. The third-order valence-corrected chi connectivity index (χ3v) is 6.85. The monoisotopic (exact) mass is 412 g/mol. The van der Waals surface area contributed by atoms with E-state index < -0.39 is 6.67 Å². The van der Waals surface area contributed by atoms with Gasteiger partial charge in [0.15, 0.2) is 0 Å². The first-order valence-electron chi connectivity index (χ1n) is 9.96. The molecule has 1 atom stereocenters. The number of nitrogens with zero attached hydrogens (tertiary/aromatic N) is 2. The molecule has 0 bridgehead atoms. The normalized spacial score (nSPS) is 15.1. The Kier molecular flexibility index (Phi) is 5.54. The van der Waals surface area contributed by atoms with Crippen molar-refractivity contribution in [3.63, 3.8) is 0 Å². The fourth-order valence-corrected chi connectivity index (χ4v) is 5.56. The van der Waals surface area contributed by atoms with E-state index in [-0.39, 0.29) is 17.7 Å². The van der Waals surface area contributed by atoms with Gasteiger partial charge in [-0.05, 0) is 32.0 Å². The maximum atomic E-state index is 13.6. The second-order valence-corrected chi connectivity index (χ2v) is 8.11. The number of likely N-dealkylation sites (N-methyl/N-ethyl adjacent to an activating group) is 1. The quantitative estimate of drug-likeness (QED) is 0.551. The summed E-state index contributed by atoms with van der Waals surface area (Å²) in [5.74, 6) is 0.801. The van der Waals surface area contributed by atoms with E-state index in [1.165, 1.54) is 0 Å². The van der Waals surface area contributed by atoms with E-state index in [4.69, 9.17) is 4.74 Å². The number of methoxy groups -OCH3 is 1. The maximum absolute atomic E-state index is 13.6. The standard InChI is InChI=1S/C23H25FN2O2S/c1-4-25(5-2)23(27)22-20-19-16(10-8-11-17(19)28-3)26(14-13-24)21(20)15-9-6-7-12-18(15)29-22/h6-12,22H,4-5,13-14H2,1-3H3. The molecule has 1 aliphatic heterocycles. The van der Waals surface area contributed by atoms with Gasteiger partial charge >= 0.3 is 0 Å². The minimum Gasteiger partial charge on any atom is -0.496 e. The Hall–Kier alpha value is -2.47. The van der Waals surface area contributed by atoms with Crippen molar-refractivity contribution >= 4 is 28.6 Å². The number of rotatable bonds is 6. The fraction of sp³-hybridized carbons (Fsp3) is 0.348. The summed E-state index contributed by atoms with van der Waals surface area (Å²) in [7, 11) is 1.64. The van der Waals surface area contributed by atoms with Crippen LogP contribution in [-0.4, -0.2) is 42.2 Å². The highest BCUT2D eigenvalue weighted by Crippen LogP contribution is 2.54. The summed E-state index contributed by atoms with van der Waals surface area (Å²) in [6.45, 7) is 5.07. The summed E-state index contributed by atoms with van der Waals surface area (Å²) < 4.78 is 21.3. The van der Waals surface area contributed by atoms with Crippen molar-refractivity contribution in [3.8, 4) is 17.0 Å². The maximum Gasteiger partial charge on any atom is 0.240 e. The van der Waals surface area contributed by atoms with E-state index in [9.17, 15) is 9.18 Å². The predicted molar refractivity (Wildman–Crippen MR) is 116 cm³/mol. The fourth-order valence-electron chi connectivity index (χ4n) is 4.26. The third kappa shape index (κ3) is 3.10. The molecule has 4 rings (SSSR count). The van der Waals surface area contributed by atoms with Gasteiger partial charge in [-0.3, -0.25) is 4.79 Å². The Morgan fingerprint density at radius 3 is 2.62 bits per heavy atom. The van der Waals surface area contributed by atoms with Gasteiger partial charge in [0.2, 0.25) is 5.91 Å². The molecule has 152 valence electrons. The Labute approximate surface area is 174 Å². The molecular formula is C23H25FN2O2S. The van der Waals surface area contributed by atoms with Crippen LogP contribution in [0.1, 0.15) is 24.7 Å². The molecule has 0 fully saturated rings. The molecule has 6 heteroatoms. The molecule has 1 aromatic heterocycles. The van der Waals surface area contributed by atoms with Gasteiger partial charge in [0.25, 0.3) is 0 Å². The zero-order valence-electron chi connectivity index (χ0n) is 16.9. The van der Waals surface area contributed by atoms with Crippen molar-refractivity contribution in [3.05, 3.63) is 48.0 Å². The third-order valence-electron chi connectivity index (χ3n) is 5.57. The van der Waals surface area contributed by atoms with Gasteiger partial charge in [-0.25, -0.2) is 4.39 Å². The largest absolute Gasteiger partial charge is 0.496 e. The molecule has 1 unspecified atom stereocenters. The Balaban J connectivity index is 2.08. The smallest absolute Gasteiger partial charge is 0.240 e. The number of carbonyl (C=O) groups excluding carboxylic acids is 1. The Morgan fingerprint density at radius 1 is 1.17 bits per heavy atom. The molecule has 1 aliphatic rings. The van der Waals surface area contributed by atoms with E-state index in [1.807, 2.05) is 59.7 Å². The summed E-state index contributed by atoms with van der Waals surface area (Å²) >= 11 is 1.58. The van der Waals surface area contributed by atoms with E-state index in [1.54, 1.807) is 18.9 Å².